The van der Waals surface area contributed by atoms with Gasteiger partial charge in [0.25, 0.3) is 0 Å². The SMILES string of the molecule is CN1C=CN(c2cccc(Oc3cccc(N4CN(C)c5ccccc54)c3)c2)C1. The Morgan fingerprint density at radius 2 is 1.38 bits per heavy atom. The van der Waals surface area contributed by atoms with Gasteiger partial charge in [0.05, 0.1) is 24.7 Å². The van der Waals surface area contributed by atoms with E-state index >= 15 is 0 Å². The first-order valence-electron chi connectivity index (χ1n) is 9.78. The van der Waals surface area contributed by atoms with Gasteiger partial charge in [-0.3, -0.25) is 0 Å². The summed E-state index contributed by atoms with van der Waals surface area (Å²) in [6.07, 6.45) is 4.16. The molecule has 0 atom stereocenters. The number of ether oxygens (including phenoxy) is 1. The number of hydrogen-bond acceptors (Lipinski definition) is 5. The van der Waals surface area contributed by atoms with Crippen LogP contribution in [0, 0.1) is 0 Å². The summed E-state index contributed by atoms with van der Waals surface area (Å²) < 4.78 is 6.22. The van der Waals surface area contributed by atoms with Crippen molar-refractivity contribution in [3.05, 3.63) is 85.2 Å². The normalized spacial score (nSPS) is 15.2. The summed E-state index contributed by atoms with van der Waals surface area (Å²) in [7, 11) is 4.19. The Labute approximate surface area is 171 Å². The molecule has 5 nitrogen and oxygen atoms in total. The van der Waals surface area contributed by atoms with Crippen LogP contribution in [0.2, 0.25) is 0 Å². The van der Waals surface area contributed by atoms with Crippen LogP contribution in [0.1, 0.15) is 0 Å². The minimum absolute atomic E-state index is 0.826. The molecule has 0 saturated carbocycles. The lowest BCUT2D eigenvalue weighted by Crippen LogP contribution is -2.23. The average molecular weight is 384 g/mol. The van der Waals surface area contributed by atoms with Gasteiger partial charge in [0.1, 0.15) is 11.5 Å². The zero-order chi connectivity index (χ0) is 19.8. The monoisotopic (exact) mass is 384 g/mol. The van der Waals surface area contributed by atoms with E-state index in [0.717, 1.165) is 36.2 Å². The zero-order valence-corrected chi connectivity index (χ0v) is 16.7. The van der Waals surface area contributed by atoms with Gasteiger partial charge in [-0.15, -0.1) is 0 Å². The molecule has 0 unspecified atom stereocenters. The van der Waals surface area contributed by atoms with Gasteiger partial charge in [-0.1, -0.05) is 24.3 Å². The largest absolute Gasteiger partial charge is 0.457 e. The van der Waals surface area contributed by atoms with Crippen LogP contribution in [-0.4, -0.2) is 32.3 Å². The van der Waals surface area contributed by atoms with Crippen molar-refractivity contribution in [2.24, 2.45) is 0 Å². The standard InChI is InChI=1S/C24H24N4O/c1-25-13-14-27(17-25)19-7-5-9-21(15-19)29-22-10-6-8-20(16-22)28-18-26(2)23-11-3-4-12-24(23)28/h3-16H,17-18H2,1-2H3. The lowest BCUT2D eigenvalue weighted by atomic mass is 10.2. The molecule has 0 amide bonds. The Hall–Kier alpha value is -3.60. The van der Waals surface area contributed by atoms with Gasteiger partial charge in [-0.05, 0) is 36.4 Å². The third-order valence-corrected chi connectivity index (χ3v) is 5.33. The van der Waals surface area contributed by atoms with Gasteiger partial charge in [-0.2, -0.15) is 0 Å². The Balaban J connectivity index is 1.38. The van der Waals surface area contributed by atoms with Crippen LogP contribution in [0.25, 0.3) is 0 Å². The van der Waals surface area contributed by atoms with Crippen molar-refractivity contribution >= 4 is 22.7 Å². The van der Waals surface area contributed by atoms with E-state index < -0.39 is 0 Å². The van der Waals surface area contributed by atoms with Crippen LogP contribution in [-0.2, 0) is 0 Å². The number of para-hydroxylation sites is 2. The van der Waals surface area contributed by atoms with Crippen molar-refractivity contribution in [3.8, 4) is 11.5 Å². The van der Waals surface area contributed by atoms with Crippen LogP contribution in [0.5, 0.6) is 11.5 Å². The molecular formula is C24H24N4O. The second-order valence-corrected chi connectivity index (χ2v) is 7.52. The molecule has 146 valence electrons. The topological polar surface area (TPSA) is 22.2 Å². The van der Waals surface area contributed by atoms with Crippen molar-refractivity contribution in [3.63, 3.8) is 0 Å². The maximum Gasteiger partial charge on any atom is 0.129 e. The molecule has 3 aromatic rings. The fourth-order valence-electron chi connectivity index (χ4n) is 3.87. The molecular weight excluding hydrogens is 360 g/mol. The second kappa shape index (κ2) is 7.09. The molecule has 5 heteroatoms. The molecule has 5 rings (SSSR count). The van der Waals surface area contributed by atoms with Crippen LogP contribution in [0.15, 0.2) is 85.2 Å². The third-order valence-electron chi connectivity index (χ3n) is 5.33. The fourth-order valence-corrected chi connectivity index (χ4v) is 3.87. The quantitative estimate of drug-likeness (QED) is 0.614. The average Bonchev–Trinajstić information content (AvgIpc) is 3.32. The molecule has 0 bridgehead atoms. The van der Waals surface area contributed by atoms with Crippen molar-refractivity contribution in [1.82, 2.24) is 4.90 Å². The van der Waals surface area contributed by atoms with Crippen molar-refractivity contribution in [2.75, 3.05) is 42.1 Å². The van der Waals surface area contributed by atoms with Crippen molar-refractivity contribution in [2.45, 2.75) is 0 Å². The number of nitrogens with zero attached hydrogens (tertiary/aromatic N) is 4. The van der Waals surface area contributed by atoms with E-state index in [1.54, 1.807) is 0 Å². The van der Waals surface area contributed by atoms with E-state index in [1.165, 1.54) is 11.4 Å². The van der Waals surface area contributed by atoms with Gasteiger partial charge >= 0.3 is 0 Å². The summed E-state index contributed by atoms with van der Waals surface area (Å²) in [4.78, 5) is 8.90. The van der Waals surface area contributed by atoms with Gasteiger partial charge < -0.3 is 24.3 Å². The molecule has 0 saturated heterocycles. The fraction of sp³-hybridized carbons (Fsp3) is 0.167. The van der Waals surface area contributed by atoms with Gasteiger partial charge in [0, 0.05) is 50.0 Å². The van der Waals surface area contributed by atoms with Crippen LogP contribution >= 0.6 is 0 Å². The first-order chi connectivity index (χ1) is 14.2. The van der Waals surface area contributed by atoms with Gasteiger partial charge in [0.2, 0.25) is 0 Å². The van der Waals surface area contributed by atoms with E-state index in [2.05, 4.69) is 94.6 Å². The Morgan fingerprint density at radius 3 is 2.10 bits per heavy atom. The van der Waals surface area contributed by atoms with Crippen LogP contribution in [0.4, 0.5) is 22.7 Å². The molecule has 2 aliphatic rings. The lowest BCUT2D eigenvalue weighted by molar-refractivity contribution is 0.481. The van der Waals surface area contributed by atoms with E-state index in [9.17, 15) is 0 Å². The first-order valence-corrected chi connectivity index (χ1v) is 9.78. The van der Waals surface area contributed by atoms with Gasteiger partial charge in [0.15, 0.2) is 0 Å². The number of benzene rings is 3. The number of hydrogen-bond donors (Lipinski definition) is 0. The first kappa shape index (κ1) is 17.5. The maximum atomic E-state index is 6.22. The maximum absolute atomic E-state index is 6.22. The van der Waals surface area contributed by atoms with Crippen LogP contribution in [0.3, 0.4) is 0 Å². The number of rotatable bonds is 4. The Bertz CT molecular complexity index is 1060. The van der Waals surface area contributed by atoms with E-state index in [0.29, 0.717) is 0 Å². The Morgan fingerprint density at radius 1 is 0.690 bits per heavy atom. The smallest absolute Gasteiger partial charge is 0.129 e. The predicted octanol–water partition coefficient (Wildman–Crippen LogP) is 5.20. The highest BCUT2D eigenvalue weighted by molar-refractivity contribution is 5.82. The molecule has 29 heavy (non-hydrogen) atoms. The molecule has 0 aromatic heterocycles. The highest BCUT2D eigenvalue weighted by atomic mass is 16.5. The molecule has 0 radical (unpaired) electrons. The highest BCUT2D eigenvalue weighted by Crippen LogP contribution is 2.40. The lowest BCUT2D eigenvalue weighted by Gasteiger charge is -2.21. The summed E-state index contributed by atoms with van der Waals surface area (Å²) in [6.45, 7) is 1.67. The van der Waals surface area contributed by atoms with E-state index in [-0.39, 0.29) is 0 Å². The second-order valence-electron chi connectivity index (χ2n) is 7.52. The summed E-state index contributed by atoms with van der Waals surface area (Å²) in [5.41, 5.74) is 4.71. The van der Waals surface area contributed by atoms with Crippen LogP contribution < -0.4 is 19.4 Å². The molecule has 2 heterocycles. The minimum Gasteiger partial charge on any atom is -0.457 e. The Kier molecular flexibility index (Phi) is 4.28. The molecule has 3 aromatic carbocycles. The molecule has 0 aliphatic carbocycles. The predicted molar refractivity (Wildman–Crippen MR) is 119 cm³/mol. The molecule has 2 aliphatic heterocycles. The summed E-state index contributed by atoms with van der Waals surface area (Å²) in [5.74, 6) is 1.67. The molecule has 0 spiro atoms. The highest BCUT2D eigenvalue weighted by Gasteiger charge is 2.24. The van der Waals surface area contributed by atoms with E-state index in [4.69, 9.17) is 4.74 Å². The molecule has 0 N–H and O–H groups in total. The van der Waals surface area contributed by atoms with Gasteiger partial charge in [-0.25, -0.2) is 0 Å². The summed E-state index contributed by atoms with van der Waals surface area (Å²) in [5, 5.41) is 0. The van der Waals surface area contributed by atoms with Crippen molar-refractivity contribution in [1.29, 1.82) is 0 Å². The number of fused-ring (bicyclic) bond motifs is 1. The van der Waals surface area contributed by atoms with E-state index in [1.807, 2.05) is 24.3 Å². The molecule has 0 fully saturated rings. The van der Waals surface area contributed by atoms with Crippen molar-refractivity contribution < 1.29 is 4.74 Å². The minimum atomic E-state index is 0.826. The third kappa shape index (κ3) is 3.36. The summed E-state index contributed by atoms with van der Waals surface area (Å²) >= 11 is 0. The number of anilines is 4. The summed E-state index contributed by atoms with van der Waals surface area (Å²) in [6, 6.07) is 25.0. The zero-order valence-electron chi connectivity index (χ0n) is 16.7.